The zero-order valence-electron chi connectivity index (χ0n) is 22.8. The van der Waals surface area contributed by atoms with E-state index < -0.39 is 12.4 Å². The van der Waals surface area contributed by atoms with Gasteiger partial charge in [-0.2, -0.15) is 0 Å². The lowest BCUT2D eigenvalue weighted by Crippen LogP contribution is -2.43. The van der Waals surface area contributed by atoms with Gasteiger partial charge in [0, 0.05) is 36.8 Å². The summed E-state index contributed by atoms with van der Waals surface area (Å²) in [6, 6.07) is 24.5. The third-order valence-corrected chi connectivity index (χ3v) is 7.18. The second-order valence-electron chi connectivity index (χ2n) is 9.99. The minimum atomic E-state index is -0.626. The van der Waals surface area contributed by atoms with Crippen molar-refractivity contribution >= 4 is 11.7 Å². The van der Waals surface area contributed by atoms with Crippen LogP contribution in [0, 0.1) is 0 Å². The van der Waals surface area contributed by atoms with Gasteiger partial charge in [-0.15, -0.1) is 0 Å². The highest BCUT2D eigenvalue weighted by Gasteiger charge is 2.34. The van der Waals surface area contributed by atoms with E-state index in [-0.39, 0.29) is 30.9 Å². The molecule has 1 aliphatic heterocycles. The Kier molecular flexibility index (Phi) is 10.1. The van der Waals surface area contributed by atoms with Crippen molar-refractivity contribution in [1.82, 2.24) is 10.2 Å². The first kappa shape index (κ1) is 28.7. The summed E-state index contributed by atoms with van der Waals surface area (Å²) < 4.78 is 12.9. The molecule has 1 saturated heterocycles. The number of hydrogen-bond donors (Lipinski definition) is 4. The number of nitrogens with one attached hydrogen (secondary N) is 2. The smallest absolute Gasteiger partial charge is 0.319 e. The Morgan fingerprint density at radius 2 is 1.67 bits per heavy atom. The summed E-state index contributed by atoms with van der Waals surface area (Å²) in [5.74, 6) is 0. The number of likely N-dealkylation sites (N-methyl/N-ethyl adjacent to an activating group) is 1. The van der Waals surface area contributed by atoms with E-state index in [9.17, 15) is 15.0 Å². The number of carbonyl (C=O) groups excluding carboxylic acids is 1. The van der Waals surface area contributed by atoms with Gasteiger partial charge in [0.25, 0.3) is 0 Å². The zero-order chi connectivity index (χ0) is 27.8. The van der Waals surface area contributed by atoms with Crippen LogP contribution in [0.25, 0.3) is 0 Å². The fourth-order valence-corrected chi connectivity index (χ4v) is 4.75. The van der Waals surface area contributed by atoms with Gasteiger partial charge < -0.3 is 30.3 Å². The van der Waals surface area contributed by atoms with Gasteiger partial charge in [0.2, 0.25) is 0 Å². The number of rotatable bonds is 10. The molecule has 0 radical (unpaired) electrons. The third kappa shape index (κ3) is 7.65. The van der Waals surface area contributed by atoms with Gasteiger partial charge in [0.15, 0.2) is 6.29 Å². The normalized spacial score (nSPS) is 20.8. The summed E-state index contributed by atoms with van der Waals surface area (Å²) in [6.07, 6.45) is -0.956. The fraction of sp³-hybridized carbons (Fsp3) is 0.387. The zero-order valence-corrected chi connectivity index (χ0v) is 22.8. The lowest BCUT2D eigenvalue weighted by molar-refractivity contribution is -0.253. The highest BCUT2D eigenvalue weighted by molar-refractivity contribution is 5.89. The fourth-order valence-electron chi connectivity index (χ4n) is 4.75. The summed E-state index contributed by atoms with van der Waals surface area (Å²) in [5.41, 5.74) is 4.26. The van der Waals surface area contributed by atoms with E-state index in [2.05, 4.69) is 15.5 Å². The maximum absolute atomic E-state index is 11.9. The lowest BCUT2D eigenvalue weighted by Gasteiger charge is -2.39. The maximum atomic E-state index is 11.9. The predicted octanol–water partition coefficient (Wildman–Crippen LogP) is 4.92. The van der Waals surface area contributed by atoms with E-state index in [1.165, 1.54) is 0 Å². The molecule has 39 heavy (non-hydrogen) atoms. The molecule has 5 atom stereocenters. The molecule has 1 fully saturated rings. The first-order valence-corrected chi connectivity index (χ1v) is 13.5. The first-order valence-electron chi connectivity index (χ1n) is 13.5. The van der Waals surface area contributed by atoms with E-state index >= 15 is 0 Å². The predicted molar refractivity (Wildman–Crippen MR) is 151 cm³/mol. The van der Waals surface area contributed by atoms with Crippen LogP contribution < -0.4 is 10.6 Å². The van der Waals surface area contributed by atoms with Gasteiger partial charge in [-0.3, -0.25) is 4.90 Å². The highest BCUT2D eigenvalue weighted by Crippen LogP contribution is 2.38. The Labute approximate surface area is 230 Å². The average molecular weight is 534 g/mol. The molecule has 3 aromatic rings. The number of aliphatic hydroxyl groups is 2. The van der Waals surface area contributed by atoms with E-state index in [1.807, 2.05) is 99.8 Å². The SMILES string of the molecule is CCNC(=O)Nc1ccc([C@@H]2O[C@H](CN(C)[C@H](C)[C@@H](O)c3ccccc3)C[C@H](c3ccc(CO)cc3)O2)cc1. The monoisotopic (exact) mass is 533 g/mol. The average Bonchev–Trinajstić information content (AvgIpc) is 2.97. The molecular formula is C31H39N3O5. The number of anilines is 1. The summed E-state index contributed by atoms with van der Waals surface area (Å²) >= 11 is 0. The van der Waals surface area contributed by atoms with Crippen molar-refractivity contribution in [1.29, 1.82) is 0 Å². The molecule has 208 valence electrons. The molecule has 3 aromatic carbocycles. The Hall–Kier alpha value is -3.27. The van der Waals surface area contributed by atoms with Crippen molar-refractivity contribution in [3.05, 3.63) is 101 Å². The second-order valence-corrected chi connectivity index (χ2v) is 9.99. The summed E-state index contributed by atoms with van der Waals surface area (Å²) in [4.78, 5) is 14.0. The largest absolute Gasteiger partial charge is 0.392 e. The van der Waals surface area contributed by atoms with Crippen LogP contribution in [0.3, 0.4) is 0 Å². The molecule has 2 amide bonds. The summed E-state index contributed by atoms with van der Waals surface area (Å²) in [5, 5.41) is 25.9. The lowest BCUT2D eigenvalue weighted by atomic mass is 9.98. The second kappa shape index (κ2) is 13.7. The topological polar surface area (TPSA) is 103 Å². The minimum absolute atomic E-state index is 0.0107. The van der Waals surface area contributed by atoms with Gasteiger partial charge in [0.1, 0.15) is 0 Å². The molecule has 1 aliphatic rings. The number of ether oxygens (including phenoxy) is 2. The first-order chi connectivity index (χ1) is 18.9. The van der Waals surface area contributed by atoms with Crippen LogP contribution in [0.5, 0.6) is 0 Å². The van der Waals surface area contributed by atoms with E-state index in [4.69, 9.17) is 9.47 Å². The van der Waals surface area contributed by atoms with Gasteiger partial charge in [-0.1, -0.05) is 66.7 Å². The quantitative estimate of drug-likeness (QED) is 0.295. The van der Waals surface area contributed by atoms with Crippen molar-refractivity contribution in [2.75, 3.05) is 25.5 Å². The van der Waals surface area contributed by atoms with Crippen LogP contribution in [0.2, 0.25) is 0 Å². The molecule has 0 aliphatic carbocycles. The van der Waals surface area contributed by atoms with Gasteiger partial charge in [-0.25, -0.2) is 4.79 Å². The number of urea groups is 1. The number of aliphatic hydroxyl groups excluding tert-OH is 2. The van der Waals surface area contributed by atoms with E-state index in [1.54, 1.807) is 0 Å². The molecule has 0 saturated carbocycles. The van der Waals surface area contributed by atoms with Crippen molar-refractivity contribution in [3.63, 3.8) is 0 Å². The van der Waals surface area contributed by atoms with Crippen LogP contribution >= 0.6 is 0 Å². The molecule has 0 bridgehead atoms. The maximum Gasteiger partial charge on any atom is 0.319 e. The van der Waals surface area contributed by atoms with Crippen LogP contribution in [0.4, 0.5) is 10.5 Å². The van der Waals surface area contributed by atoms with Crippen molar-refractivity contribution < 1.29 is 24.5 Å². The summed E-state index contributed by atoms with van der Waals surface area (Å²) in [6.45, 7) is 5.02. The van der Waals surface area contributed by atoms with Crippen molar-refractivity contribution in [2.24, 2.45) is 0 Å². The van der Waals surface area contributed by atoms with E-state index in [0.717, 1.165) is 22.3 Å². The number of amides is 2. The third-order valence-electron chi connectivity index (χ3n) is 7.18. The van der Waals surface area contributed by atoms with Crippen molar-refractivity contribution in [2.45, 2.75) is 57.5 Å². The van der Waals surface area contributed by atoms with Crippen LogP contribution in [-0.2, 0) is 16.1 Å². The number of hydrogen-bond acceptors (Lipinski definition) is 6. The minimum Gasteiger partial charge on any atom is -0.392 e. The highest BCUT2D eigenvalue weighted by atomic mass is 16.7. The van der Waals surface area contributed by atoms with Gasteiger partial charge in [0.05, 0.1) is 24.9 Å². The summed E-state index contributed by atoms with van der Waals surface area (Å²) in [7, 11) is 2.00. The van der Waals surface area contributed by atoms with Gasteiger partial charge in [-0.05, 0) is 49.7 Å². The molecular weight excluding hydrogens is 494 g/mol. The Bertz CT molecular complexity index is 1170. The molecule has 8 nitrogen and oxygen atoms in total. The molecule has 8 heteroatoms. The van der Waals surface area contributed by atoms with Crippen LogP contribution in [0.1, 0.15) is 61.0 Å². The van der Waals surface area contributed by atoms with Gasteiger partial charge >= 0.3 is 6.03 Å². The molecule has 4 rings (SSSR count). The number of nitrogens with zero attached hydrogens (tertiary/aromatic N) is 1. The molecule has 0 spiro atoms. The molecule has 0 unspecified atom stereocenters. The molecule has 1 heterocycles. The van der Waals surface area contributed by atoms with Crippen molar-refractivity contribution in [3.8, 4) is 0 Å². The van der Waals surface area contributed by atoms with Crippen LogP contribution in [-0.4, -0.2) is 53.4 Å². The standard InChI is InChI=1S/C31H39N3O5/c1-4-32-31(37)33-26-16-14-25(15-17-26)30-38-27(18-28(39-30)23-12-10-22(20-35)11-13-23)19-34(3)21(2)29(36)24-8-6-5-7-9-24/h5-17,21,27-30,35-36H,4,18-20H2,1-3H3,(H2,32,33,37)/t21-,27+,28-,29-,30-/m1/s1. The number of carbonyl (C=O) groups is 1. The van der Waals surface area contributed by atoms with Crippen LogP contribution in [0.15, 0.2) is 78.9 Å². The molecule has 4 N–H and O–H groups in total. The Balaban J connectivity index is 1.50. The Morgan fingerprint density at radius 3 is 2.31 bits per heavy atom. The Morgan fingerprint density at radius 1 is 1.00 bits per heavy atom. The number of benzene rings is 3. The molecule has 0 aromatic heterocycles. The van der Waals surface area contributed by atoms with E-state index in [0.29, 0.717) is 25.2 Å².